The predicted molar refractivity (Wildman–Crippen MR) is 34.2 cm³/mol. The van der Waals surface area contributed by atoms with Gasteiger partial charge in [-0.25, -0.2) is 0 Å². The third-order valence-electron chi connectivity index (χ3n) is 0.995. The van der Waals surface area contributed by atoms with E-state index in [4.69, 9.17) is 0 Å². The average molecular weight is 124 g/mol. The Hall–Kier alpha value is -1.26. The molecule has 0 aromatic heterocycles. The van der Waals surface area contributed by atoms with Crippen LogP contribution in [-0.4, -0.2) is 11.8 Å². The first-order valence-electron chi connectivity index (χ1n) is 2.53. The third kappa shape index (κ3) is 1.32. The molecule has 1 aliphatic heterocycles. The van der Waals surface area contributed by atoms with Crippen molar-refractivity contribution in [3.8, 4) is 0 Å². The van der Waals surface area contributed by atoms with E-state index < -0.39 is 6.98 Å². The Morgan fingerprint density at radius 3 is 2.67 bits per heavy atom. The second-order valence-electron chi connectivity index (χ2n) is 1.64. The first kappa shape index (κ1) is 5.87. The van der Waals surface area contributed by atoms with Crippen molar-refractivity contribution < 1.29 is 4.83 Å². The molecule has 0 saturated heterocycles. The molecule has 46 valence electrons. The van der Waals surface area contributed by atoms with Crippen LogP contribution in [0.5, 0.6) is 0 Å². The van der Waals surface area contributed by atoms with Gasteiger partial charge in [0.25, 0.3) is 0 Å². The molecule has 4 nitrogen and oxygen atoms in total. The fraction of sp³-hybridized carbons (Fsp3) is 0. The molecular formula is C4H5BN2O2. The van der Waals surface area contributed by atoms with Crippen molar-refractivity contribution in [3.63, 3.8) is 0 Å². The fourth-order valence-electron chi connectivity index (χ4n) is 0.566. The van der Waals surface area contributed by atoms with Crippen molar-refractivity contribution in [2.45, 2.75) is 0 Å². The number of hydrogen-bond acceptors (Lipinski definition) is 3. The Bertz CT molecular complexity index is 177. The first-order valence-corrected chi connectivity index (χ1v) is 2.53. The van der Waals surface area contributed by atoms with Crippen LogP contribution in [0.25, 0.3) is 0 Å². The Morgan fingerprint density at radius 1 is 1.56 bits per heavy atom. The van der Waals surface area contributed by atoms with Gasteiger partial charge in [0.1, 0.15) is 0 Å². The quantitative estimate of drug-likeness (QED) is 0.303. The predicted octanol–water partition coefficient (Wildman–Crippen LogP) is -0.0364. The molecule has 9 heavy (non-hydrogen) atoms. The largest absolute Gasteiger partial charge is 0.696 e. The van der Waals surface area contributed by atoms with Gasteiger partial charge >= 0.3 is 6.98 Å². The highest BCUT2D eigenvalue weighted by atomic mass is 16.6. The summed E-state index contributed by atoms with van der Waals surface area (Å²) in [6.07, 6.45) is 4.90. The normalized spacial score (nSPS) is 15.3. The maximum absolute atomic E-state index is 10.0. The van der Waals surface area contributed by atoms with Crippen LogP contribution in [-0.2, 0) is 0 Å². The van der Waals surface area contributed by atoms with Gasteiger partial charge in [0, 0.05) is 0 Å². The molecule has 0 aliphatic carbocycles. The van der Waals surface area contributed by atoms with E-state index in [1.165, 1.54) is 5.98 Å². The molecule has 0 unspecified atom stereocenters. The highest BCUT2D eigenvalue weighted by Gasteiger charge is 2.27. The van der Waals surface area contributed by atoms with Gasteiger partial charge in [-0.3, -0.25) is 10.1 Å². The minimum Gasteiger partial charge on any atom is -0.363 e. The number of allylic oxidation sites excluding steroid dienone is 2. The summed E-state index contributed by atoms with van der Waals surface area (Å²) in [6, 6.07) is 0. The Labute approximate surface area is 52.5 Å². The minimum atomic E-state index is -0.741. The molecule has 0 aromatic carbocycles. The van der Waals surface area contributed by atoms with Crippen LogP contribution in [0.2, 0.25) is 0 Å². The average Bonchev–Trinajstić information content (AvgIpc) is 1.90. The van der Waals surface area contributed by atoms with Crippen LogP contribution in [0.1, 0.15) is 0 Å². The summed E-state index contributed by atoms with van der Waals surface area (Å²) in [6.45, 7) is -0.741. The Kier molecular flexibility index (Phi) is 1.53. The molecule has 5 heteroatoms. The highest BCUT2D eigenvalue weighted by Crippen LogP contribution is 1.89. The van der Waals surface area contributed by atoms with Gasteiger partial charge in [0.05, 0.1) is 0 Å². The Balaban J connectivity index is 2.56. The van der Waals surface area contributed by atoms with E-state index in [-0.39, 0.29) is 4.83 Å². The summed E-state index contributed by atoms with van der Waals surface area (Å²) in [7, 11) is 0. The van der Waals surface area contributed by atoms with Gasteiger partial charge in [0.2, 0.25) is 0 Å². The molecule has 1 rings (SSSR count). The van der Waals surface area contributed by atoms with Crippen molar-refractivity contribution in [1.82, 2.24) is 5.23 Å². The molecule has 0 spiro atoms. The summed E-state index contributed by atoms with van der Waals surface area (Å²) in [5, 5.41) is 12.6. The van der Waals surface area contributed by atoms with Gasteiger partial charge in [0.15, 0.2) is 0 Å². The standard InChI is InChI=1S/C4H5BN2O2/c8-7(9)5-3-1-2-4-6-5/h1-4,6H. The summed E-state index contributed by atoms with van der Waals surface area (Å²) in [5.74, 6) is 1.49. The molecule has 0 fully saturated rings. The molecule has 0 bridgehead atoms. The molecule has 1 N–H and O–H groups in total. The number of rotatable bonds is 1. The van der Waals surface area contributed by atoms with Crippen molar-refractivity contribution >= 4 is 6.98 Å². The number of nitro groups is 1. The van der Waals surface area contributed by atoms with Crippen molar-refractivity contribution in [3.05, 3.63) is 34.4 Å². The van der Waals surface area contributed by atoms with Crippen LogP contribution >= 0.6 is 0 Å². The lowest BCUT2D eigenvalue weighted by Crippen LogP contribution is -2.37. The lowest BCUT2D eigenvalue weighted by molar-refractivity contribution is -0.331. The molecular weight excluding hydrogens is 119 g/mol. The number of nitrogens with zero attached hydrogens (tertiary/aromatic N) is 1. The lowest BCUT2D eigenvalue weighted by Gasteiger charge is -1.99. The highest BCUT2D eigenvalue weighted by molar-refractivity contribution is 6.53. The summed E-state index contributed by atoms with van der Waals surface area (Å²) < 4.78 is 0. The second kappa shape index (κ2) is 2.34. The van der Waals surface area contributed by atoms with Gasteiger partial charge in [-0.2, -0.15) is 0 Å². The number of nitrogens with one attached hydrogen (secondary N) is 1. The van der Waals surface area contributed by atoms with Gasteiger partial charge < -0.3 is 5.23 Å². The zero-order valence-electron chi connectivity index (χ0n) is 4.65. The van der Waals surface area contributed by atoms with E-state index in [1.54, 1.807) is 18.4 Å². The second-order valence-corrected chi connectivity index (χ2v) is 1.64. The van der Waals surface area contributed by atoms with E-state index in [1.807, 2.05) is 0 Å². The molecule has 0 amide bonds. The zero-order valence-corrected chi connectivity index (χ0v) is 4.65. The molecule has 1 heterocycles. The van der Waals surface area contributed by atoms with Gasteiger partial charge in [-0.05, 0) is 23.1 Å². The zero-order chi connectivity index (χ0) is 6.69. The maximum Gasteiger partial charge on any atom is 0.696 e. The summed E-state index contributed by atoms with van der Waals surface area (Å²) in [4.78, 5) is 9.62. The van der Waals surface area contributed by atoms with Crippen LogP contribution < -0.4 is 5.23 Å². The van der Waals surface area contributed by atoms with Crippen molar-refractivity contribution in [2.24, 2.45) is 0 Å². The molecule has 0 atom stereocenters. The van der Waals surface area contributed by atoms with Gasteiger partial charge in [-0.15, -0.1) is 0 Å². The summed E-state index contributed by atoms with van der Waals surface area (Å²) >= 11 is 0. The van der Waals surface area contributed by atoms with E-state index in [0.29, 0.717) is 0 Å². The maximum atomic E-state index is 10.0. The molecule has 0 saturated carbocycles. The summed E-state index contributed by atoms with van der Waals surface area (Å²) in [5.41, 5.74) is 0. The SMILES string of the molecule is O=[N+]([O-])B1C=CC=CN1. The van der Waals surface area contributed by atoms with Crippen LogP contribution in [0, 0.1) is 10.1 Å². The molecule has 0 aromatic rings. The van der Waals surface area contributed by atoms with E-state index in [9.17, 15) is 10.1 Å². The minimum absolute atomic E-state index is 0.389. The Morgan fingerprint density at radius 2 is 2.33 bits per heavy atom. The number of hydrogen-bond donors (Lipinski definition) is 1. The topological polar surface area (TPSA) is 55.2 Å². The van der Waals surface area contributed by atoms with E-state index in [2.05, 4.69) is 5.23 Å². The first-order chi connectivity index (χ1) is 4.30. The third-order valence-corrected chi connectivity index (χ3v) is 0.995. The van der Waals surface area contributed by atoms with Crippen molar-refractivity contribution in [2.75, 3.05) is 0 Å². The van der Waals surface area contributed by atoms with Gasteiger partial charge in [-0.1, -0.05) is 6.08 Å². The van der Waals surface area contributed by atoms with Crippen LogP contribution in [0.4, 0.5) is 0 Å². The molecule has 0 radical (unpaired) electrons. The van der Waals surface area contributed by atoms with E-state index >= 15 is 0 Å². The molecule has 1 aliphatic rings. The van der Waals surface area contributed by atoms with Crippen LogP contribution in [0.15, 0.2) is 24.3 Å². The lowest BCUT2D eigenvalue weighted by atomic mass is 9.77. The monoisotopic (exact) mass is 124 g/mol. The fourth-order valence-corrected chi connectivity index (χ4v) is 0.566. The van der Waals surface area contributed by atoms with Crippen LogP contribution in [0.3, 0.4) is 0 Å². The van der Waals surface area contributed by atoms with Crippen molar-refractivity contribution in [1.29, 1.82) is 0 Å². The van der Waals surface area contributed by atoms with E-state index in [0.717, 1.165) is 0 Å². The smallest absolute Gasteiger partial charge is 0.363 e.